The molecule has 1 aliphatic carbocycles. The van der Waals surface area contributed by atoms with Crippen LogP contribution in [-0.4, -0.2) is 35.2 Å². The molecule has 20 heavy (non-hydrogen) atoms. The Kier molecular flexibility index (Phi) is 4.62. The number of nitrogens with zero attached hydrogens (tertiary/aromatic N) is 1. The van der Waals surface area contributed by atoms with Crippen molar-refractivity contribution in [2.45, 2.75) is 76.2 Å². The molecule has 6 heteroatoms. The first-order chi connectivity index (χ1) is 9.38. The lowest BCUT2D eigenvalue weighted by molar-refractivity contribution is -0.136. The van der Waals surface area contributed by atoms with Gasteiger partial charge in [-0.15, -0.1) is 0 Å². The summed E-state index contributed by atoms with van der Waals surface area (Å²) in [5.74, 6) is 0.105. The van der Waals surface area contributed by atoms with E-state index in [9.17, 15) is 18.0 Å². The smallest absolute Gasteiger partial charge is 0.326 e. The summed E-state index contributed by atoms with van der Waals surface area (Å²) in [4.78, 5) is 14.3. The zero-order valence-electron chi connectivity index (χ0n) is 11.9. The lowest BCUT2D eigenvalue weighted by Gasteiger charge is -2.23. The molecule has 1 atom stereocenters. The van der Waals surface area contributed by atoms with Crippen LogP contribution in [0.15, 0.2) is 0 Å². The minimum atomic E-state index is -4.09. The van der Waals surface area contributed by atoms with Crippen molar-refractivity contribution in [3.8, 4) is 0 Å². The molecule has 1 N–H and O–H groups in total. The molecule has 1 saturated heterocycles. The van der Waals surface area contributed by atoms with E-state index in [1.54, 1.807) is 4.90 Å². The van der Waals surface area contributed by atoms with E-state index in [1.165, 1.54) is 0 Å². The zero-order valence-corrected chi connectivity index (χ0v) is 11.9. The van der Waals surface area contributed by atoms with Crippen molar-refractivity contribution < 1.29 is 18.0 Å². The third kappa shape index (κ3) is 3.27. The normalized spacial score (nSPS) is 25.9. The highest BCUT2D eigenvalue weighted by Crippen LogP contribution is 2.37. The van der Waals surface area contributed by atoms with Crippen LogP contribution in [-0.2, 0) is 4.79 Å². The summed E-state index contributed by atoms with van der Waals surface area (Å²) in [7, 11) is 0. The molecule has 0 bridgehead atoms. The van der Waals surface area contributed by atoms with Crippen LogP contribution in [0.3, 0.4) is 0 Å². The molecule has 0 aromatic heterocycles. The van der Waals surface area contributed by atoms with Crippen LogP contribution >= 0.6 is 0 Å². The molecule has 0 aromatic rings. The van der Waals surface area contributed by atoms with Crippen molar-refractivity contribution in [3.63, 3.8) is 0 Å². The van der Waals surface area contributed by atoms with Crippen molar-refractivity contribution in [2.24, 2.45) is 0 Å². The number of amides is 1. The van der Waals surface area contributed by atoms with Crippen LogP contribution in [0.5, 0.6) is 0 Å². The number of halogens is 3. The molecule has 1 amide bonds. The van der Waals surface area contributed by atoms with Gasteiger partial charge in [-0.05, 0) is 32.1 Å². The van der Waals surface area contributed by atoms with Gasteiger partial charge in [0.05, 0.1) is 11.7 Å². The maximum absolute atomic E-state index is 12.5. The number of hydrogen-bond acceptors (Lipinski definition) is 2. The SMILES string of the molecule is CCC1NC2(CCCC2)C(=O)N1CCCCC(F)(F)F. The minimum Gasteiger partial charge on any atom is -0.326 e. The molecule has 0 radical (unpaired) electrons. The number of unbranched alkanes of at least 4 members (excludes halogenated alkanes) is 1. The topological polar surface area (TPSA) is 32.3 Å². The average molecular weight is 292 g/mol. The van der Waals surface area contributed by atoms with Crippen LogP contribution < -0.4 is 5.32 Å². The maximum atomic E-state index is 12.5. The summed E-state index contributed by atoms with van der Waals surface area (Å²) in [5, 5.41) is 3.43. The quantitative estimate of drug-likeness (QED) is 0.789. The van der Waals surface area contributed by atoms with E-state index in [-0.39, 0.29) is 18.5 Å². The van der Waals surface area contributed by atoms with Crippen molar-refractivity contribution in [1.82, 2.24) is 10.2 Å². The number of rotatable bonds is 5. The van der Waals surface area contributed by atoms with Crippen LogP contribution in [0.1, 0.15) is 58.3 Å². The summed E-state index contributed by atoms with van der Waals surface area (Å²) >= 11 is 0. The summed E-state index contributed by atoms with van der Waals surface area (Å²) < 4.78 is 36.4. The van der Waals surface area contributed by atoms with Gasteiger partial charge in [0.2, 0.25) is 5.91 Å². The first kappa shape index (κ1) is 15.6. The van der Waals surface area contributed by atoms with Gasteiger partial charge in [0.15, 0.2) is 0 Å². The lowest BCUT2D eigenvalue weighted by Crippen LogP contribution is -2.44. The lowest BCUT2D eigenvalue weighted by atomic mass is 9.98. The Balaban J connectivity index is 1.88. The van der Waals surface area contributed by atoms with Gasteiger partial charge in [0.1, 0.15) is 0 Å². The Labute approximate surface area is 117 Å². The Bertz CT molecular complexity index is 351. The standard InChI is InChI=1S/C14H23F3N2O/c1-2-11-18-13(7-3-4-8-13)12(20)19(11)10-6-5-9-14(15,16)17/h11,18H,2-10H2,1H3. The largest absolute Gasteiger partial charge is 0.389 e. The fourth-order valence-electron chi connectivity index (χ4n) is 3.40. The van der Waals surface area contributed by atoms with E-state index in [0.717, 1.165) is 32.1 Å². The Morgan fingerprint density at radius 3 is 2.50 bits per heavy atom. The fourth-order valence-corrected chi connectivity index (χ4v) is 3.40. The van der Waals surface area contributed by atoms with Crippen molar-refractivity contribution in [2.75, 3.05) is 6.54 Å². The van der Waals surface area contributed by atoms with Crippen LogP contribution in [0.4, 0.5) is 13.2 Å². The number of nitrogens with one attached hydrogen (secondary N) is 1. The van der Waals surface area contributed by atoms with Gasteiger partial charge >= 0.3 is 6.18 Å². The van der Waals surface area contributed by atoms with Crippen LogP contribution in [0, 0.1) is 0 Å². The fraction of sp³-hybridized carbons (Fsp3) is 0.929. The molecule has 1 saturated carbocycles. The number of carbonyl (C=O) groups excluding carboxylic acids is 1. The van der Waals surface area contributed by atoms with Crippen LogP contribution in [0.25, 0.3) is 0 Å². The molecule has 2 rings (SSSR count). The molecule has 1 heterocycles. The summed E-state index contributed by atoms with van der Waals surface area (Å²) in [6, 6.07) is 0. The van der Waals surface area contributed by atoms with E-state index in [2.05, 4.69) is 5.32 Å². The molecular formula is C14H23F3N2O. The number of alkyl halides is 3. The van der Waals surface area contributed by atoms with Gasteiger partial charge in [0, 0.05) is 13.0 Å². The molecule has 116 valence electrons. The van der Waals surface area contributed by atoms with Crippen molar-refractivity contribution in [3.05, 3.63) is 0 Å². The van der Waals surface area contributed by atoms with E-state index >= 15 is 0 Å². The first-order valence-corrected chi connectivity index (χ1v) is 7.53. The third-order valence-corrected chi connectivity index (χ3v) is 4.44. The minimum absolute atomic E-state index is 0.00788. The van der Waals surface area contributed by atoms with E-state index in [4.69, 9.17) is 0 Å². The highest BCUT2D eigenvalue weighted by molar-refractivity contribution is 5.89. The Morgan fingerprint density at radius 1 is 1.30 bits per heavy atom. The van der Waals surface area contributed by atoms with Gasteiger partial charge in [-0.1, -0.05) is 19.8 Å². The first-order valence-electron chi connectivity index (χ1n) is 7.53. The molecule has 1 aliphatic heterocycles. The van der Waals surface area contributed by atoms with Gasteiger partial charge in [0.25, 0.3) is 0 Å². The van der Waals surface area contributed by atoms with Gasteiger partial charge in [-0.3, -0.25) is 10.1 Å². The predicted molar refractivity (Wildman–Crippen MR) is 70.0 cm³/mol. The average Bonchev–Trinajstić information content (AvgIpc) is 2.93. The zero-order chi connectivity index (χ0) is 14.8. The van der Waals surface area contributed by atoms with E-state index in [1.807, 2.05) is 6.92 Å². The van der Waals surface area contributed by atoms with Gasteiger partial charge < -0.3 is 4.90 Å². The Morgan fingerprint density at radius 2 is 1.95 bits per heavy atom. The second kappa shape index (κ2) is 5.92. The summed E-state index contributed by atoms with van der Waals surface area (Å²) in [6.45, 7) is 2.43. The van der Waals surface area contributed by atoms with Gasteiger partial charge in [-0.25, -0.2) is 0 Å². The highest BCUT2D eigenvalue weighted by atomic mass is 19.4. The molecule has 2 aliphatic rings. The number of carbonyl (C=O) groups is 1. The van der Waals surface area contributed by atoms with Gasteiger partial charge in [-0.2, -0.15) is 13.2 Å². The molecular weight excluding hydrogens is 269 g/mol. The predicted octanol–water partition coefficient (Wildman–Crippen LogP) is 3.20. The summed E-state index contributed by atoms with van der Waals surface area (Å²) in [6.07, 6.45) is 0.278. The molecule has 2 fully saturated rings. The summed E-state index contributed by atoms with van der Waals surface area (Å²) in [5.41, 5.74) is -0.412. The molecule has 1 unspecified atom stereocenters. The van der Waals surface area contributed by atoms with E-state index in [0.29, 0.717) is 13.0 Å². The molecule has 0 aromatic carbocycles. The monoisotopic (exact) mass is 292 g/mol. The van der Waals surface area contributed by atoms with Crippen LogP contribution in [0.2, 0.25) is 0 Å². The highest BCUT2D eigenvalue weighted by Gasteiger charge is 2.51. The second-order valence-corrected chi connectivity index (χ2v) is 5.93. The third-order valence-electron chi connectivity index (χ3n) is 4.44. The molecule has 3 nitrogen and oxygen atoms in total. The van der Waals surface area contributed by atoms with E-state index < -0.39 is 18.1 Å². The second-order valence-electron chi connectivity index (χ2n) is 5.93. The Hall–Kier alpha value is -0.780. The van der Waals surface area contributed by atoms with Crippen molar-refractivity contribution >= 4 is 5.91 Å². The molecule has 1 spiro atoms. The number of hydrogen-bond donors (Lipinski definition) is 1. The maximum Gasteiger partial charge on any atom is 0.389 e. The van der Waals surface area contributed by atoms with Crippen molar-refractivity contribution in [1.29, 1.82) is 0 Å².